The van der Waals surface area contributed by atoms with Crippen LogP contribution in [0.4, 0.5) is 0 Å². The van der Waals surface area contributed by atoms with Gasteiger partial charge in [0.15, 0.2) is 0 Å². The molecule has 1 aromatic carbocycles. The Morgan fingerprint density at radius 3 is 2.89 bits per heavy atom. The topological polar surface area (TPSA) is 77.1 Å². The van der Waals surface area contributed by atoms with E-state index in [0.717, 1.165) is 16.7 Å². The van der Waals surface area contributed by atoms with Gasteiger partial charge in [0, 0.05) is 0 Å². The van der Waals surface area contributed by atoms with Gasteiger partial charge in [-0.25, -0.2) is 14.0 Å². The van der Waals surface area contributed by atoms with E-state index in [1.165, 1.54) is 10.9 Å². The van der Waals surface area contributed by atoms with E-state index in [-0.39, 0.29) is 0 Å². The molecule has 18 heavy (non-hydrogen) atoms. The molecule has 0 saturated heterocycles. The van der Waals surface area contributed by atoms with Crippen molar-refractivity contribution in [2.75, 3.05) is 0 Å². The summed E-state index contributed by atoms with van der Waals surface area (Å²) in [6.07, 6.45) is 2.20. The number of aliphatic carboxylic acids is 1. The molecule has 0 bridgehead atoms. The van der Waals surface area contributed by atoms with Crippen LogP contribution in [0, 0.1) is 0 Å². The van der Waals surface area contributed by atoms with Crippen LogP contribution in [0.15, 0.2) is 35.4 Å². The molecule has 1 N–H and O–H groups in total. The summed E-state index contributed by atoms with van der Waals surface area (Å²) < 4.78 is 2.25. The Morgan fingerprint density at radius 1 is 1.44 bits per heavy atom. The Bertz CT molecular complexity index is 627. The fourth-order valence-corrected chi connectivity index (χ4v) is 1.68. The van der Waals surface area contributed by atoms with Crippen molar-refractivity contribution >= 4 is 5.97 Å². The fraction of sp³-hybridized carbons (Fsp3) is 0.250. The van der Waals surface area contributed by atoms with E-state index >= 15 is 0 Å². The Balaban J connectivity index is 2.42. The predicted molar refractivity (Wildman–Crippen MR) is 64.8 cm³/mol. The Kier molecular flexibility index (Phi) is 3.27. The zero-order valence-electron chi connectivity index (χ0n) is 9.91. The van der Waals surface area contributed by atoms with Crippen molar-refractivity contribution in [2.24, 2.45) is 0 Å². The lowest BCUT2D eigenvalue weighted by Gasteiger charge is -2.02. The first-order valence-corrected chi connectivity index (χ1v) is 5.57. The lowest BCUT2D eigenvalue weighted by atomic mass is 10.1. The Hall–Kier alpha value is -2.37. The third-order valence-electron chi connectivity index (χ3n) is 2.62. The van der Waals surface area contributed by atoms with Gasteiger partial charge in [0.25, 0.3) is 0 Å². The van der Waals surface area contributed by atoms with E-state index in [4.69, 9.17) is 5.11 Å². The highest BCUT2D eigenvalue weighted by Crippen LogP contribution is 2.08. The van der Waals surface area contributed by atoms with Gasteiger partial charge in [0.1, 0.15) is 12.9 Å². The lowest BCUT2D eigenvalue weighted by Crippen LogP contribution is -2.26. The largest absolute Gasteiger partial charge is 0.480 e. The number of hydrogen-bond donors (Lipinski definition) is 1. The molecule has 0 aliphatic carbocycles. The summed E-state index contributed by atoms with van der Waals surface area (Å²) in [6.45, 7) is 1.59. The maximum atomic E-state index is 11.9. The van der Waals surface area contributed by atoms with Gasteiger partial charge in [0.05, 0.1) is 5.69 Å². The molecule has 0 amide bonds. The summed E-state index contributed by atoms with van der Waals surface area (Å²) >= 11 is 0. The van der Waals surface area contributed by atoms with Crippen molar-refractivity contribution in [2.45, 2.75) is 19.9 Å². The fourth-order valence-electron chi connectivity index (χ4n) is 1.68. The number of rotatable bonds is 4. The molecule has 0 saturated carbocycles. The molecule has 6 nitrogen and oxygen atoms in total. The standard InChI is InChI=1S/C12H13N3O3/c1-2-9-4-3-5-10(6-9)14-8-13-15(12(14)18)7-11(16)17/h3-6,8H,2,7H2,1H3,(H,16,17). The van der Waals surface area contributed by atoms with Gasteiger partial charge in [-0.1, -0.05) is 19.1 Å². The number of carboxylic acids is 1. The zero-order chi connectivity index (χ0) is 13.1. The van der Waals surface area contributed by atoms with Crippen molar-refractivity contribution in [1.29, 1.82) is 0 Å². The van der Waals surface area contributed by atoms with Crippen LogP contribution in [-0.2, 0) is 17.8 Å². The highest BCUT2D eigenvalue weighted by Gasteiger charge is 2.09. The van der Waals surface area contributed by atoms with E-state index in [9.17, 15) is 9.59 Å². The number of benzene rings is 1. The second-order valence-corrected chi connectivity index (χ2v) is 3.86. The minimum Gasteiger partial charge on any atom is -0.480 e. The lowest BCUT2D eigenvalue weighted by molar-refractivity contribution is -0.137. The number of carboxylic acid groups (broad SMARTS) is 1. The smallest absolute Gasteiger partial charge is 0.350 e. The van der Waals surface area contributed by atoms with Gasteiger partial charge in [-0.15, -0.1) is 0 Å². The molecule has 1 heterocycles. The van der Waals surface area contributed by atoms with Crippen LogP contribution < -0.4 is 5.69 Å². The molecule has 0 radical (unpaired) electrons. The minimum absolute atomic E-state index is 0.431. The molecule has 0 fully saturated rings. The molecule has 2 rings (SSSR count). The third kappa shape index (κ3) is 2.32. The zero-order valence-corrected chi connectivity index (χ0v) is 9.91. The van der Waals surface area contributed by atoms with Crippen molar-refractivity contribution in [3.05, 3.63) is 46.6 Å². The van der Waals surface area contributed by atoms with E-state index < -0.39 is 18.2 Å². The van der Waals surface area contributed by atoms with E-state index in [1.54, 1.807) is 6.07 Å². The van der Waals surface area contributed by atoms with E-state index in [2.05, 4.69) is 5.10 Å². The van der Waals surface area contributed by atoms with Crippen LogP contribution in [0.25, 0.3) is 5.69 Å². The third-order valence-corrected chi connectivity index (χ3v) is 2.62. The molecule has 0 atom stereocenters. The van der Waals surface area contributed by atoms with Crippen LogP contribution in [0.5, 0.6) is 0 Å². The number of carbonyl (C=O) groups is 1. The maximum Gasteiger partial charge on any atom is 0.350 e. The quantitative estimate of drug-likeness (QED) is 0.861. The predicted octanol–water partition coefficient (Wildman–Crippen LogP) is 0.681. The summed E-state index contributed by atoms with van der Waals surface area (Å²) in [5, 5.41) is 12.4. The van der Waals surface area contributed by atoms with Crippen LogP contribution >= 0.6 is 0 Å². The normalized spacial score (nSPS) is 10.5. The van der Waals surface area contributed by atoms with Crippen LogP contribution in [0.2, 0.25) is 0 Å². The van der Waals surface area contributed by atoms with Gasteiger partial charge in [0.2, 0.25) is 0 Å². The number of aromatic nitrogens is 3. The summed E-state index contributed by atoms with van der Waals surface area (Å²) in [6, 6.07) is 7.49. The van der Waals surface area contributed by atoms with Gasteiger partial charge in [-0.05, 0) is 24.1 Å². The average molecular weight is 247 g/mol. The first-order chi connectivity index (χ1) is 8.61. The Morgan fingerprint density at radius 2 is 2.22 bits per heavy atom. The first kappa shape index (κ1) is 12.1. The second-order valence-electron chi connectivity index (χ2n) is 3.86. The number of hydrogen-bond acceptors (Lipinski definition) is 3. The molecule has 0 aliphatic rings. The Labute approximate surface area is 103 Å². The van der Waals surface area contributed by atoms with E-state index in [1.807, 2.05) is 25.1 Å². The van der Waals surface area contributed by atoms with Crippen LogP contribution in [-0.4, -0.2) is 25.4 Å². The molecule has 2 aromatic rings. The van der Waals surface area contributed by atoms with Crippen LogP contribution in [0.3, 0.4) is 0 Å². The SMILES string of the molecule is CCc1cccc(-n2cnn(CC(=O)O)c2=O)c1. The summed E-state index contributed by atoms with van der Waals surface area (Å²) in [4.78, 5) is 22.5. The second kappa shape index (κ2) is 4.87. The van der Waals surface area contributed by atoms with Gasteiger partial charge >= 0.3 is 11.7 Å². The van der Waals surface area contributed by atoms with Gasteiger partial charge < -0.3 is 5.11 Å². The van der Waals surface area contributed by atoms with E-state index in [0.29, 0.717) is 5.69 Å². The van der Waals surface area contributed by atoms with Crippen molar-refractivity contribution < 1.29 is 9.90 Å². The molecule has 6 heteroatoms. The molecular weight excluding hydrogens is 234 g/mol. The molecular formula is C12H13N3O3. The minimum atomic E-state index is -1.09. The highest BCUT2D eigenvalue weighted by molar-refractivity contribution is 5.66. The average Bonchev–Trinajstić information content (AvgIpc) is 2.70. The summed E-state index contributed by atoms with van der Waals surface area (Å²) in [5.74, 6) is -1.09. The molecule has 0 unspecified atom stereocenters. The van der Waals surface area contributed by atoms with Crippen molar-refractivity contribution in [3.63, 3.8) is 0 Å². The number of aryl methyl sites for hydroxylation is 1. The maximum absolute atomic E-state index is 11.9. The van der Waals surface area contributed by atoms with Gasteiger partial charge in [-0.2, -0.15) is 5.10 Å². The number of nitrogens with zero attached hydrogens (tertiary/aromatic N) is 3. The monoisotopic (exact) mass is 247 g/mol. The molecule has 0 aliphatic heterocycles. The van der Waals surface area contributed by atoms with Crippen LogP contribution in [0.1, 0.15) is 12.5 Å². The summed E-state index contributed by atoms with van der Waals surface area (Å²) in [5.41, 5.74) is 1.34. The van der Waals surface area contributed by atoms with Crippen molar-refractivity contribution in [3.8, 4) is 5.69 Å². The molecule has 0 spiro atoms. The first-order valence-electron chi connectivity index (χ1n) is 5.57. The van der Waals surface area contributed by atoms with Crippen molar-refractivity contribution in [1.82, 2.24) is 14.3 Å². The molecule has 94 valence electrons. The van der Waals surface area contributed by atoms with Gasteiger partial charge in [-0.3, -0.25) is 4.79 Å². The highest BCUT2D eigenvalue weighted by atomic mass is 16.4. The summed E-state index contributed by atoms with van der Waals surface area (Å²) in [7, 11) is 0. The molecule has 1 aromatic heterocycles.